The minimum Gasteiger partial charge on any atom is -0.497 e. The molecule has 1 fully saturated rings. The van der Waals surface area contributed by atoms with E-state index in [2.05, 4.69) is 55.6 Å². The first kappa shape index (κ1) is 20.0. The van der Waals surface area contributed by atoms with Crippen molar-refractivity contribution in [1.29, 1.82) is 0 Å². The third kappa shape index (κ3) is 4.51. The Hall–Kier alpha value is -2.24. The normalized spacial score (nSPS) is 22.4. The van der Waals surface area contributed by atoms with E-state index in [-0.39, 0.29) is 11.0 Å². The molecule has 1 atom stereocenters. The summed E-state index contributed by atoms with van der Waals surface area (Å²) in [6.07, 6.45) is 3.11. The van der Waals surface area contributed by atoms with Gasteiger partial charge in [-0.2, -0.15) is 0 Å². The Kier molecular flexibility index (Phi) is 5.70. The lowest BCUT2D eigenvalue weighted by molar-refractivity contribution is -0.0840. The summed E-state index contributed by atoms with van der Waals surface area (Å²) in [6, 6.07) is 14.7. The highest BCUT2D eigenvalue weighted by atomic mass is 16.7. The molecule has 0 radical (unpaired) electrons. The smallest absolute Gasteiger partial charge is 0.231 e. The maximum atomic E-state index is 6.03. The summed E-state index contributed by atoms with van der Waals surface area (Å²) in [5, 5.41) is 3.62. The van der Waals surface area contributed by atoms with Crippen LogP contribution >= 0.6 is 0 Å². The van der Waals surface area contributed by atoms with Crippen LogP contribution in [-0.2, 0) is 16.7 Å². The Balaban J connectivity index is 1.43. The lowest BCUT2D eigenvalue weighted by Gasteiger charge is -2.45. The van der Waals surface area contributed by atoms with Gasteiger partial charge < -0.3 is 24.3 Å². The fourth-order valence-electron chi connectivity index (χ4n) is 4.64. The number of benzene rings is 2. The zero-order valence-corrected chi connectivity index (χ0v) is 17.6. The predicted molar refractivity (Wildman–Crippen MR) is 113 cm³/mol. The lowest BCUT2D eigenvalue weighted by Crippen LogP contribution is -2.45. The van der Waals surface area contributed by atoms with Gasteiger partial charge in [-0.1, -0.05) is 18.2 Å². The van der Waals surface area contributed by atoms with Crippen molar-refractivity contribution < 1.29 is 18.9 Å². The van der Waals surface area contributed by atoms with Crippen LogP contribution in [0.4, 0.5) is 0 Å². The highest BCUT2D eigenvalue weighted by molar-refractivity contribution is 5.44. The lowest BCUT2D eigenvalue weighted by atomic mass is 9.67. The van der Waals surface area contributed by atoms with Crippen molar-refractivity contribution in [3.8, 4) is 17.2 Å². The van der Waals surface area contributed by atoms with Crippen molar-refractivity contribution in [2.75, 3.05) is 27.1 Å². The van der Waals surface area contributed by atoms with Crippen molar-refractivity contribution in [1.82, 2.24) is 5.32 Å². The third-order valence-corrected chi connectivity index (χ3v) is 6.09. The van der Waals surface area contributed by atoms with E-state index in [0.717, 1.165) is 56.2 Å². The summed E-state index contributed by atoms with van der Waals surface area (Å²) >= 11 is 0. The average Bonchev–Trinajstić information content (AvgIpc) is 3.18. The zero-order valence-electron chi connectivity index (χ0n) is 17.6. The van der Waals surface area contributed by atoms with Gasteiger partial charge in [0.2, 0.25) is 6.79 Å². The van der Waals surface area contributed by atoms with E-state index in [1.54, 1.807) is 7.11 Å². The van der Waals surface area contributed by atoms with Crippen LogP contribution in [-0.4, -0.2) is 32.7 Å². The highest BCUT2D eigenvalue weighted by Gasteiger charge is 2.41. The Bertz CT molecular complexity index is 833. The maximum Gasteiger partial charge on any atom is 0.231 e. The minimum atomic E-state index is -0.116. The van der Waals surface area contributed by atoms with E-state index in [0.29, 0.717) is 6.79 Å². The zero-order chi connectivity index (χ0) is 20.3. The summed E-state index contributed by atoms with van der Waals surface area (Å²) in [5.74, 6) is 2.57. The molecule has 2 aromatic carbocycles. The molecule has 5 nitrogen and oxygen atoms in total. The van der Waals surface area contributed by atoms with Crippen LogP contribution in [0.2, 0.25) is 0 Å². The van der Waals surface area contributed by atoms with Gasteiger partial charge in [0.1, 0.15) is 5.75 Å². The molecule has 0 aliphatic carbocycles. The summed E-state index contributed by atoms with van der Waals surface area (Å²) in [5.41, 5.74) is 2.57. The summed E-state index contributed by atoms with van der Waals surface area (Å²) in [6.45, 7) is 7.26. The van der Waals surface area contributed by atoms with Crippen LogP contribution in [0.3, 0.4) is 0 Å². The van der Waals surface area contributed by atoms with Gasteiger partial charge in [0, 0.05) is 18.6 Å². The van der Waals surface area contributed by atoms with E-state index in [1.165, 1.54) is 11.1 Å². The molecule has 156 valence electrons. The molecule has 0 aromatic heterocycles. The molecule has 1 saturated heterocycles. The second-order valence-corrected chi connectivity index (χ2v) is 8.66. The largest absolute Gasteiger partial charge is 0.497 e. The SMILES string of the molecule is COc1ccc([C@@]2(CCNCc3ccc4c(c3)OCO4)CCOC(C)(C)C2)cc1. The van der Waals surface area contributed by atoms with E-state index in [9.17, 15) is 0 Å². The molecular weight excluding hydrogens is 366 g/mol. The predicted octanol–water partition coefficient (Wildman–Crippen LogP) is 4.43. The van der Waals surface area contributed by atoms with Gasteiger partial charge in [-0.3, -0.25) is 0 Å². The van der Waals surface area contributed by atoms with Crippen molar-refractivity contribution in [2.24, 2.45) is 0 Å². The summed E-state index contributed by atoms with van der Waals surface area (Å²) in [4.78, 5) is 0. The van der Waals surface area contributed by atoms with Crippen LogP contribution < -0.4 is 19.5 Å². The van der Waals surface area contributed by atoms with Gasteiger partial charge in [-0.05, 0) is 75.0 Å². The van der Waals surface area contributed by atoms with Crippen molar-refractivity contribution in [3.63, 3.8) is 0 Å². The fourth-order valence-corrected chi connectivity index (χ4v) is 4.64. The summed E-state index contributed by atoms with van der Waals surface area (Å²) in [7, 11) is 1.71. The molecule has 0 spiro atoms. The van der Waals surface area contributed by atoms with Gasteiger partial charge >= 0.3 is 0 Å². The number of ether oxygens (including phenoxy) is 4. The number of nitrogens with one attached hydrogen (secondary N) is 1. The highest BCUT2D eigenvalue weighted by Crippen LogP contribution is 2.44. The van der Waals surface area contributed by atoms with E-state index >= 15 is 0 Å². The van der Waals surface area contributed by atoms with Gasteiger partial charge in [0.25, 0.3) is 0 Å². The van der Waals surface area contributed by atoms with Gasteiger partial charge in [-0.25, -0.2) is 0 Å². The fraction of sp³-hybridized carbons (Fsp3) is 0.500. The van der Waals surface area contributed by atoms with Gasteiger partial charge in [0.05, 0.1) is 12.7 Å². The first-order valence-corrected chi connectivity index (χ1v) is 10.4. The molecular formula is C24H31NO4. The van der Waals surface area contributed by atoms with Crippen molar-refractivity contribution in [3.05, 3.63) is 53.6 Å². The number of methoxy groups -OCH3 is 1. The topological polar surface area (TPSA) is 49.0 Å². The van der Waals surface area contributed by atoms with Crippen LogP contribution in [0.1, 0.15) is 44.2 Å². The number of rotatable bonds is 7. The molecule has 2 aliphatic rings. The molecule has 0 unspecified atom stereocenters. The molecule has 4 rings (SSSR count). The Morgan fingerprint density at radius 2 is 1.83 bits per heavy atom. The minimum absolute atomic E-state index is 0.107. The van der Waals surface area contributed by atoms with Crippen LogP contribution in [0.5, 0.6) is 17.2 Å². The monoisotopic (exact) mass is 397 g/mol. The van der Waals surface area contributed by atoms with Gasteiger partial charge in [-0.15, -0.1) is 0 Å². The molecule has 1 N–H and O–H groups in total. The first-order valence-electron chi connectivity index (χ1n) is 10.4. The summed E-state index contributed by atoms with van der Waals surface area (Å²) < 4.78 is 22.3. The first-order chi connectivity index (χ1) is 14.0. The molecule has 5 heteroatoms. The standard InChI is InChI=1S/C24H31NO4/c1-23(2)16-24(11-13-29-23,19-5-7-20(26-3)8-6-19)10-12-25-15-18-4-9-21-22(14-18)28-17-27-21/h4-9,14,25H,10-13,15-17H2,1-3H3/t24-/m0/s1. The quantitative estimate of drug-likeness (QED) is 0.701. The Morgan fingerprint density at radius 1 is 1.03 bits per heavy atom. The molecule has 2 heterocycles. The maximum absolute atomic E-state index is 6.03. The molecule has 0 saturated carbocycles. The van der Waals surface area contributed by atoms with Crippen molar-refractivity contribution >= 4 is 0 Å². The Morgan fingerprint density at radius 3 is 2.59 bits per heavy atom. The van der Waals surface area contributed by atoms with E-state index in [1.807, 2.05) is 6.07 Å². The van der Waals surface area contributed by atoms with E-state index < -0.39 is 0 Å². The molecule has 0 amide bonds. The second-order valence-electron chi connectivity index (χ2n) is 8.66. The third-order valence-electron chi connectivity index (χ3n) is 6.09. The average molecular weight is 398 g/mol. The number of hydrogen-bond acceptors (Lipinski definition) is 5. The van der Waals surface area contributed by atoms with E-state index in [4.69, 9.17) is 18.9 Å². The van der Waals surface area contributed by atoms with Crippen LogP contribution in [0.15, 0.2) is 42.5 Å². The number of hydrogen-bond donors (Lipinski definition) is 1. The van der Waals surface area contributed by atoms with Gasteiger partial charge in [0.15, 0.2) is 11.5 Å². The van der Waals surface area contributed by atoms with Crippen molar-refractivity contribution in [2.45, 2.75) is 50.7 Å². The molecule has 0 bridgehead atoms. The second kappa shape index (κ2) is 8.25. The van der Waals surface area contributed by atoms with Crippen LogP contribution in [0, 0.1) is 0 Å². The Labute approximate surface area is 173 Å². The van der Waals surface area contributed by atoms with Crippen LogP contribution in [0.25, 0.3) is 0 Å². The molecule has 29 heavy (non-hydrogen) atoms. The molecule has 2 aromatic rings. The molecule has 2 aliphatic heterocycles. The number of fused-ring (bicyclic) bond motifs is 1.